The number of fused-ring (bicyclic) bond motifs is 2. The Balaban J connectivity index is 2.35. The number of aryl methyl sites for hydroxylation is 1. The fraction of sp³-hybridized carbons (Fsp3) is 0.263. The average molecular weight is 342 g/mol. The Morgan fingerprint density at radius 1 is 1.21 bits per heavy atom. The highest BCUT2D eigenvalue weighted by molar-refractivity contribution is 7.98. The summed E-state index contributed by atoms with van der Waals surface area (Å²) in [6.07, 6.45) is 4.90. The smallest absolute Gasteiger partial charge is 0.335 e. The number of carbonyl (C=O) groups is 1. The van der Waals surface area contributed by atoms with E-state index in [1.165, 1.54) is 12.1 Å². The fourth-order valence-corrected chi connectivity index (χ4v) is 3.30. The molecule has 0 saturated carbocycles. The van der Waals surface area contributed by atoms with Crippen molar-refractivity contribution < 1.29 is 14.3 Å². The zero-order chi connectivity index (χ0) is 17.3. The maximum atomic E-state index is 12.9. The molecule has 24 heavy (non-hydrogen) atoms. The first-order valence-corrected chi connectivity index (χ1v) is 9.08. The van der Waals surface area contributed by atoms with Gasteiger partial charge in [0.1, 0.15) is 11.2 Å². The van der Waals surface area contributed by atoms with Crippen LogP contribution in [0.5, 0.6) is 0 Å². The molecule has 0 spiro atoms. The average Bonchev–Trinajstić information content (AvgIpc) is 2.59. The lowest BCUT2D eigenvalue weighted by Gasteiger charge is -2.09. The van der Waals surface area contributed by atoms with Crippen molar-refractivity contribution in [3.8, 4) is 0 Å². The molecule has 5 heteroatoms. The summed E-state index contributed by atoms with van der Waals surface area (Å²) < 4.78 is 5.99. The molecule has 0 amide bonds. The van der Waals surface area contributed by atoms with E-state index in [9.17, 15) is 9.59 Å². The molecule has 0 bridgehead atoms. The molecule has 1 aromatic heterocycles. The molecule has 1 N–H and O–H groups in total. The van der Waals surface area contributed by atoms with Crippen LogP contribution in [0.1, 0.15) is 35.7 Å². The Labute approximate surface area is 143 Å². The quantitative estimate of drug-likeness (QED) is 0.537. The van der Waals surface area contributed by atoms with E-state index in [1.807, 2.05) is 12.3 Å². The summed E-state index contributed by atoms with van der Waals surface area (Å²) in [6.45, 7) is 2.12. The zero-order valence-electron chi connectivity index (χ0n) is 13.6. The van der Waals surface area contributed by atoms with Gasteiger partial charge in [0, 0.05) is 4.90 Å². The molecule has 0 aliphatic carbocycles. The number of aromatic carboxylic acids is 1. The lowest BCUT2D eigenvalue weighted by atomic mass is 10.0. The van der Waals surface area contributed by atoms with Gasteiger partial charge in [-0.15, -0.1) is 11.8 Å². The second kappa shape index (κ2) is 6.69. The van der Waals surface area contributed by atoms with Crippen molar-refractivity contribution >= 4 is 39.7 Å². The van der Waals surface area contributed by atoms with Crippen molar-refractivity contribution in [2.75, 3.05) is 6.26 Å². The number of hydrogen-bond acceptors (Lipinski definition) is 4. The van der Waals surface area contributed by atoms with Gasteiger partial charge in [-0.2, -0.15) is 0 Å². The Hall–Kier alpha value is -2.27. The number of carboxylic acids is 1. The lowest BCUT2D eigenvalue weighted by molar-refractivity contribution is 0.0697. The minimum Gasteiger partial charge on any atom is -0.478 e. The topological polar surface area (TPSA) is 67.5 Å². The molecule has 3 rings (SSSR count). The summed E-state index contributed by atoms with van der Waals surface area (Å²) in [6, 6.07) is 8.31. The van der Waals surface area contributed by atoms with Crippen molar-refractivity contribution in [1.29, 1.82) is 0 Å². The van der Waals surface area contributed by atoms with Gasteiger partial charge in [-0.05, 0) is 55.0 Å². The van der Waals surface area contributed by atoms with Crippen molar-refractivity contribution in [1.82, 2.24) is 0 Å². The molecule has 0 atom stereocenters. The van der Waals surface area contributed by atoms with E-state index >= 15 is 0 Å². The molecule has 0 fully saturated rings. The monoisotopic (exact) mass is 342 g/mol. The van der Waals surface area contributed by atoms with Crippen LogP contribution < -0.4 is 5.43 Å². The Kier molecular flexibility index (Phi) is 4.62. The highest BCUT2D eigenvalue weighted by Gasteiger charge is 2.14. The SMILES string of the molecule is CCCCc1cc(SC)cc2c(=O)c3cc(C(=O)O)ccc3oc12. The first-order chi connectivity index (χ1) is 11.5. The largest absolute Gasteiger partial charge is 0.478 e. The van der Waals surface area contributed by atoms with Crippen LogP contribution in [-0.2, 0) is 6.42 Å². The Morgan fingerprint density at radius 3 is 2.67 bits per heavy atom. The van der Waals surface area contributed by atoms with Crippen LogP contribution in [0.3, 0.4) is 0 Å². The molecule has 3 aromatic rings. The van der Waals surface area contributed by atoms with E-state index in [2.05, 4.69) is 13.0 Å². The second-order valence-corrected chi connectivity index (χ2v) is 6.59. The molecule has 0 saturated heterocycles. The predicted octanol–water partition coefficient (Wildman–Crippen LogP) is 4.71. The van der Waals surface area contributed by atoms with E-state index in [0.29, 0.717) is 21.9 Å². The van der Waals surface area contributed by atoms with E-state index in [-0.39, 0.29) is 11.0 Å². The lowest BCUT2D eigenvalue weighted by Crippen LogP contribution is -2.06. The van der Waals surface area contributed by atoms with Crippen LogP contribution in [0.2, 0.25) is 0 Å². The van der Waals surface area contributed by atoms with Crippen molar-refractivity contribution in [2.24, 2.45) is 0 Å². The Morgan fingerprint density at radius 2 is 2.00 bits per heavy atom. The standard InChI is InChI=1S/C19H18O4S/c1-3-4-5-11-8-13(24-2)10-15-17(20)14-9-12(19(21)22)6-7-16(14)23-18(11)15/h6-10H,3-5H2,1-2H3,(H,21,22). The van der Waals surface area contributed by atoms with Gasteiger partial charge in [0.25, 0.3) is 0 Å². The van der Waals surface area contributed by atoms with Gasteiger partial charge in [0.15, 0.2) is 0 Å². The van der Waals surface area contributed by atoms with E-state index in [4.69, 9.17) is 9.52 Å². The van der Waals surface area contributed by atoms with Crippen LogP contribution in [0.25, 0.3) is 21.9 Å². The van der Waals surface area contributed by atoms with Crippen LogP contribution in [0, 0.1) is 0 Å². The highest BCUT2D eigenvalue weighted by Crippen LogP contribution is 2.28. The molecule has 0 radical (unpaired) electrons. The maximum Gasteiger partial charge on any atom is 0.335 e. The van der Waals surface area contributed by atoms with Gasteiger partial charge >= 0.3 is 5.97 Å². The number of benzene rings is 2. The molecular formula is C19H18O4S. The van der Waals surface area contributed by atoms with E-state index in [1.54, 1.807) is 17.8 Å². The third-order valence-electron chi connectivity index (χ3n) is 4.10. The predicted molar refractivity (Wildman–Crippen MR) is 97.3 cm³/mol. The van der Waals surface area contributed by atoms with E-state index in [0.717, 1.165) is 29.7 Å². The minimum atomic E-state index is -1.06. The molecule has 4 nitrogen and oxygen atoms in total. The highest BCUT2D eigenvalue weighted by atomic mass is 32.2. The molecule has 1 heterocycles. The third kappa shape index (κ3) is 2.91. The van der Waals surface area contributed by atoms with Crippen LogP contribution in [0.15, 0.2) is 44.4 Å². The van der Waals surface area contributed by atoms with E-state index < -0.39 is 5.97 Å². The van der Waals surface area contributed by atoms with Gasteiger partial charge in [-0.3, -0.25) is 4.79 Å². The van der Waals surface area contributed by atoms with Gasteiger partial charge in [-0.25, -0.2) is 4.79 Å². The number of thioether (sulfide) groups is 1. The summed E-state index contributed by atoms with van der Waals surface area (Å²) >= 11 is 1.58. The molecule has 0 aliphatic rings. The first kappa shape index (κ1) is 16.6. The summed E-state index contributed by atoms with van der Waals surface area (Å²) in [7, 11) is 0. The summed E-state index contributed by atoms with van der Waals surface area (Å²) in [5.74, 6) is -1.06. The fourth-order valence-electron chi connectivity index (χ4n) is 2.80. The summed E-state index contributed by atoms with van der Waals surface area (Å²) in [4.78, 5) is 25.1. The number of unbranched alkanes of at least 4 members (excludes halogenated alkanes) is 1. The summed E-state index contributed by atoms with van der Waals surface area (Å²) in [5.41, 5.74) is 1.97. The molecule has 0 aliphatic heterocycles. The van der Waals surface area contributed by atoms with Crippen molar-refractivity contribution in [3.63, 3.8) is 0 Å². The van der Waals surface area contributed by atoms with Gasteiger partial charge in [0.2, 0.25) is 5.43 Å². The molecular weight excluding hydrogens is 324 g/mol. The number of carboxylic acid groups (broad SMARTS) is 1. The van der Waals surface area contributed by atoms with Crippen LogP contribution >= 0.6 is 11.8 Å². The van der Waals surface area contributed by atoms with Crippen LogP contribution in [0.4, 0.5) is 0 Å². The molecule has 0 unspecified atom stereocenters. The number of rotatable bonds is 5. The second-order valence-electron chi connectivity index (χ2n) is 5.71. The molecule has 2 aromatic carbocycles. The Bertz CT molecular complexity index is 988. The van der Waals surface area contributed by atoms with Crippen molar-refractivity contribution in [3.05, 3.63) is 51.7 Å². The summed E-state index contributed by atoms with van der Waals surface area (Å²) in [5, 5.41) is 9.96. The van der Waals surface area contributed by atoms with Crippen molar-refractivity contribution in [2.45, 2.75) is 31.1 Å². The number of hydrogen-bond donors (Lipinski definition) is 1. The van der Waals surface area contributed by atoms with Gasteiger partial charge in [0.05, 0.1) is 16.3 Å². The minimum absolute atomic E-state index is 0.0846. The normalized spacial score (nSPS) is 11.2. The maximum absolute atomic E-state index is 12.9. The zero-order valence-corrected chi connectivity index (χ0v) is 14.4. The van der Waals surface area contributed by atoms with Gasteiger partial charge < -0.3 is 9.52 Å². The van der Waals surface area contributed by atoms with Gasteiger partial charge in [-0.1, -0.05) is 13.3 Å². The van der Waals surface area contributed by atoms with Crippen LogP contribution in [-0.4, -0.2) is 17.3 Å². The molecule has 124 valence electrons. The first-order valence-electron chi connectivity index (χ1n) is 7.86. The third-order valence-corrected chi connectivity index (χ3v) is 4.81.